The molecule has 4 heteroatoms. The Kier molecular flexibility index (Phi) is 5.89. The lowest BCUT2D eigenvalue weighted by Gasteiger charge is -2.31. The second kappa shape index (κ2) is 7.19. The summed E-state index contributed by atoms with van der Waals surface area (Å²) in [5.74, 6) is 0.476. The van der Waals surface area contributed by atoms with E-state index in [1.165, 1.54) is 12.6 Å². The molecule has 1 fully saturated rings. The van der Waals surface area contributed by atoms with Gasteiger partial charge in [0.1, 0.15) is 0 Å². The van der Waals surface area contributed by atoms with Gasteiger partial charge in [-0.05, 0) is 33.1 Å². The zero-order valence-electron chi connectivity index (χ0n) is 11.7. The van der Waals surface area contributed by atoms with Gasteiger partial charge in [0.25, 0.3) is 0 Å². The smallest absolute Gasteiger partial charge is 0.224 e. The third kappa shape index (κ3) is 4.17. The highest BCUT2D eigenvalue weighted by molar-refractivity contribution is 5.87. The molecule has 4 nitrogen and oxygen atoms in total. The maximum absolute atomic E-state index is 11.7. The Labute approximate surface area is 110 Å². The average Bonchev–Trinajstić information content (AvgIpc) is 2.22. The van der Waals surface area contributed by atoms with Gasteiger partial charge in [0.05, 0.1) is 5.70 Å². The van der Waals surface area contributed by atoms with Crippen molar-refractivity contribution in [3.05, 3.63) is 11.4 Å². The number of carbonyl (C=O) groups is 1. The molecule has 102 valence electrons. The molecule has 18 heavy (non-hydrogen) atoms. The van der Waals surface area contributed by atoms with E-state index in [4.69, 9.17) is 5.41 Å². The molecule has 1 saturated carbocycles. The predicted octanol–water partition coefficient (Wildman–Crippen LogP) is 2.56. The molecule has 3 N–H and O–H groups in total. The van der Waals surface area contributed by atoms with Gasteiger partial charge in [-0.15, -0.1) is 0 Å². The fourth-order valence-electron chi connectivity index (χ4n) is 2.04. The van der Waals surface area contributed by atoms with E-state index in [2.05, 4.69) is 24.5 Å². The molecule has 1 aliphatic rings. The van der Waals surface area contributed by atoms with Crippen LogP contribution in [0.5, 0.6) is 0 Å². The number of nitrogens with one attached hydrogen (secondary N) is 3. The summed E-state index contributed by atoms with van der Waals surface area (Å²) in [6.45, 7) is 6.13. The summed E-state index contributed by atoms with van der Waals surface area (Å²) < 4.78 is 0. The normalized spacial score (nSPS) is 16.9. The lowest BCUT2D eigenvalue weighted by molar-refractivity contribution is -0.120. The topological polar surface area (TPSA) is 65.0 Å². The largest absolute Gasteiger partial charge is 0.384 e. The van der Waals surface area contributed by atoms with E-state index in [0.29, 0.717) is 24.1 Å². The Bertz CT molecular complexity index is 330. The van der Waals surface area contributed by atoms with Gasteiger partial charge >= 0.3 is 0 Å². The fraction of sp³-hybridized carbons (Fsp3) is 0.714. The Morgan fingerprint density at radius 3 is 2.50 bits per heavy atom. The van der Waals surface area contributed by atoms with Crippen LogP contribution in [0, 0.1) is 11.3 Å². The summed E-state index contributed by atoms with van der Waals surface area (Å²) in [5, 5.41) is 13.8. The Balaban J connectivity index is 2.81. The molecule has 1 aliphatic carbocycles. The minimum absolute atomic E-state index is 0.00150. The molecular weight excluding hydrogens is 226 g/mol. The van der Waals surface area contributed by atoms with E-state index in [-0.39, 0.29) is 5.91 Å². The van der Waals surface area contributed by atoms with E-state index >= 15 is 0 Å². The lowest BCUT2D eigenvalue weighted by atomic mass is 9.82. The van der Waals surface area contributed by atoms with Crippen LogP contribution in [0.3, 0.4) is 0 Å². The van der Waals surface area contributed by atoms with Gasteiger partial charge in [0.2, 0.25) is 5.91 Å². The maximum atomic E-state index is 11.7. The number of amides is 1. The molecule has 0 heterocycles. The second-order valence-corrected chi connectivity index (χ2v) is 5.20. The quantitative estimate of drug-likeness (QED) is 0.609. The standard InChI is InChI=1S/C14H25N3O/c1-4-6-13(18)17-12(9-15)14(16-10(2)3)11-7-5-8-11/h9-11,15-16H,4-8H2,1-3H3,(H,17,18)/b14-12+,15-9?. The van der Waals surface area contributed by atoms with Crippen molar-refractivity contribution in [2.24, 2.45) is 5.92 Å². The summed E-state index contributed by atoms with van der Waals surface area (Å²) in [5.41, 5.74) is 1.68. The molecule has 0 aliphatic heterocycles. The lowest BCUT2D eigenvalue weighted by Crippen LogP contribution is -2.36. The molecule has 0 saturated heterocycles. The fourth-order valence-corrected chi connectivity index (χ4v) is 2.04. The summed E-state index contributed by atoms with van der Waals surface area (Å²) >= 11 is 0. The molecule has 0 bridgehead atoms. The summed E-state index contributed by atoms with van der Waals surface area (Å²) in [4.78, 5) is 11.7. The molecule has 1 rings (SSSR count). The van der Waals surface area contributed by atoms with Gasteiger partial charge in [-0.25, -0.2) is 0 Å². The molecule has 0 radical (unpaired) electrons. The van der Waals surface area contributed by atoms with Gasteiger partial charge in [-0.3, -0.25) is 4.79 Å². The maximum Gasteiger partial charge on any atom is 0.224 e. The van der Waals surface area contributed by atoms with Crippen molar-refractivity contribution in [2.75, 3.05) is 0 Å². The summed E-state index contributed by atoms with van der Waals surface area (Å²) in [6.07, 6.45) is 6.13. The molecule has 0 aromatic carbocycles. The highest BCUT2D eigenvalue weighted by atomic mass is 16.1. The summed E-state index contributed by atoms with van der Waals surface area (Å²) in [6, 6.07) is 0.318. The first-order valence-electron chi connectivity index (χ1n) is 6.89. The van der Waals surface area contributed by atoms with E-state index in [1.54, 1.807) is 0 Å². The zero-order valence-corrected chi connectivity index (χ0v) is 11.7. The van der Waals surface area contributed by atoms with Crippen LogP contribution in [0.25, 0.3) is 0 Å². The van der Waals surface area contributed by atoms with Crippen molar-refractivity contribution in [2.45, 2.75) is 58.9 Å². The van der Waals surface area contributed by atoms with Crippen molar-refractivity contribution in [3.8, 4) is 0 Å². The van der Waals surface area contributed by atoms with E-state index in [9.17, 15) is 4.79 Å². The molecule has 0 aromatic rings. The first-order chi connectivity index (χ1) is 8.58. The number of rotatable bonds is 7. The van der Waals surface area contributed by atoms with Crippen molar-refractivity contribution < 1.29 is 4.79 Å². The highest BCUT2D eigenvalue weighted by Crippen LogP contribution is 2.33. The van der Waals surface area contributed by atoms with Crippen molar-refractivity contribution in [1.82, 2.24) is 10.6 Å². The van der Waals surface area contributed by atoms with Gasteiger partial charge in [-0.1, -0.05) is 13.3 Å². The SMILES string of the molecule is CCCC(=O)N/C(C=N)=C(/NC(C)C)C1CCC1. The predicted molar refractivity (Wildman–Crippen MR) is 74.5 cm³/mol. The first kappa shape index (κ1) is 14.7. The van der Waals surface area contributed by atoms with Gasteiger partial charge in [0, 0.05) is 30.3 Å². The minimum Gasteiger partial charge on any atom is -0.384 e. The third-order valence-electron chi connectivity index (χ3n) is 3.14. The highest BCUT2D eigenvalue weighted by Gasteiger charge is 2.25. The van der Waals surface area contributed by atoms with E-state index in [0.717, 1.165) is 25.0 Å². The van der Waals surface area contributed by atoms with Crippen LogP contribution >= 0.6 is 0 Å². The van der Waals surface area contributed by atoms with Crippen LogP contribution in [0.4, 0.5) is 0 Å². The second-order valence-electron chi connectivity index (χ2n) is 5.20. The minimum atomic E-state index is -0.00150. The van der Waals surface area contributed by atoms with Gasteiger partial charge < -0.3 is 16.0 Å². The van der Waals surface area contributed by atoms with Gasteiger partial charge in [-0.2, -0.15) is 0 Å². The Morgan fingerprint density at radius 1 is 1.44 bits per heavy atom. The van der Waals surface area contributed by atoms with Gasteiger partial charge in [0.15, 0.2) is 0 Å². The molecule has 0 aromatic heterocycles. The van der Waals surface area contributed by atoms with Crippen LogP contribution < -0.4 is 10.6 Å². The number of allylic oxidation sites excluding steroid dienone is 2. The number of hydrogen-bond donors (Lipinski definition) is 3. The monoisotopic (exact) mass is 251 g/mol. The van der Waals surface area contributed by atoms with Crippen LogP contribution in [-0.2, 0) is 4.79 Å². The summed E-state index contributed by atoms with van der Waals surface area (Å²) in [7, 11) is 0. The molecule has 1 amide bonds. The molecule has 0 atom stereocenters. The van der Waals surface area contributed by atoms with Crippen LogP contribution in [0.15, 0.2) is 11.4 Å². The van der Waals surface area contributed by atoms with Crippen LogP contribution in [0.1, 0.15) is 52.9 Å². The van der Waals surface area contributed by atoms with Crippen LogP contribution in [0.2, 0.25) is 0 Å². The molecule has 0 unspecified atom stereocenters. The number of carbonyl (C=O) groups excluding carboxylic acids is 1. The van der Waals surface area contributed by atoms with Crippen molar-refractivity contribution in [1.29, 1.82) is 5.41 Å². The first-order valence-corrected chi connectivity index (χ1v) is 6.89. The molecule has 0 spiro atoms. The average molecular weight is 251 g/mol. The van der Waals surface area contributed by atoms with E-state index in [1.807, 2.05) is 6.92 Å². The Morgan fingerprint density at radius 2 is 2.11 bits per heavy atom. The van der Waals surface area contributed by atoms with E-state index < -0.39 is 0 Å². The number of hydrogen-bond acceptors (Lipinski definition) is 3. The molecular formula is C14H25N3O. The third-order valence-corrected chi connectivity index (χ3v) is 3.14. The van der Waals surface area contributed by atoms with Crippen LogP contribution in [-0.4, -0.2) is 18.2 Å². The van der Waals surface area contributed by atoms with Crippen molar-refractivity contribution >= 4 is 12.1 Å². The Hall–Kier alpha value is -1.32. The zero-order chi connectivity index (χ0) is 13.5. The van der Waals surface area contributed by atoms with Crippen molar-refractivity contribution in [3.63, 3.8) is 0 Å².